The van der Waals surface area contributed by atoms with E-state index in [0.29, 0.717) is 6.04 Å². The molecule has 21 heavy (non-hydrogen) atoms. The van der Waals surface area contributed by atoms with Crippen molar-refractivity contribution in [1.29, 1.82) is 0 Å². The van der Waals surface area contributed by atoms with Gasteiger partial charge in [0.2, 0.25) is 0 Å². The second-order valence-corrected chi connectivity index (χ2v) is 6.98. The molecular formula is C16H21N3OS. The Balaban J connectivity index is 1.41. The van der Waals surface area contributed by atoms with E-state index in [4.69, 9.17) is 4.74 Å². The van der Waals surface area contributed by atoms with Crippen molar-refractivity contribution in [2.45, 2.75) is 32.0 Å². The van der Waals surface area contributed by atoms with E-state index in [-0.39, 0.29) is 0 Å². The molecule has 0 saturated heterocycles. The average Bonchev–Trinajstić information content (AvgIpc) is 2.97. The topological polar surface area (TPSA) is 30.3 Å². The maximum absolute atomic E-state index is 5.92. The summed E-state index contributed by atoms with van der Waals surface area (Å²) in [5.74, 6) is 0.826. The highest BCUT2D eigenvalue weighted by Gasteiger charge is 2.27. The van der Waals surface area contributed by atoms with Gasteiger partial charge in [-0.3, -0.25) is 9.58 Å². The van der Waals surface area contributed by atoms with E-state index in [0.717, 1.165) is 38.8 Å². The highest BCUT2D eigenvalue weighted by Crippen LogP contribution is 2.29. The van der Waals surface area contributed by atoms with Crippen molar-refractivity contribution in [3.63, 3.8) is 0 Å². The van der Waals surface area contributed by atoms with Crippen LogP contribution in [0.25, 0.3) is 0 Å². The minimum atomic E-state index is 0.348. The minimum Gasteiger partial charge on any atom is -0.379 e. The zero-order valence-electron chi connectivity index (χ0n) is 12.1. The second kappa shape index (κ2) is 5.91. The maximum atomic E-state index is 5.92. The lowest BCUT2D eigenvalue weighted by Crippen LogP contribution is -2.39. The molecule has 1 saturated carbocycles. The molecule has 2 aromatic rings. The van der Waals surface area contributed by atoms with Crippen LogP contribution in [0, 0.1) is 5.92 Å². The summed E-state index contributed by atoms with van der Waals surface area (Å²) in [6.07, 6.45) is 4.61. The Morgan fingerprint density at radius 2 is 2.24 bits per heavy atom. The molecule has 0 N–H and O–H groups in total. The molecule has 0 bridgehead atoms. The number of aromatic nitrogens is 2. The normalized spacial score (nSPS) is 22.4. The van der Waals surface area contributed by atoms with Gasteiger partial charge in [0.05, 0.1) is 18.3 Å². The first-order chi connectivity index (χ1) is 10.4. The third-order valence-corrected chi connectivity index (χ3v) is 5.03. The molecule has 0 radical (unpaired) electrons. The summed E-state index contributed by atoms with van der Waals surface area (Å²) in [6.45, 7) is 4.74. The summed E-state index contributed by atoms with van der Waals surface area (Å²) in [6, 6.07) is 4.70. The molecule has 1 atom stereocenters. The van der Waals surface area contributed by atoms with Crippen molar-refractivity contribution in [2.75, 3.05) is 19.8 Å². The fourth-order valence-corrected chi connectivity index (χ4v) is 3.66. The summed E-state index contributed by atoms with van der Waals surface area (Å²) in [5.41, 5.74) is 2.71. The average molecular weight is 303 g/mol. The summed E-state index contributed by atoms with van der Waals surface area (Å²) in [5, 5.41) is 8.89. The Kier molecular flexibility index (Phi) is 3.80. The predicted molar refractivity (Wildman–Crippen MR) is 83.2 cm³/mol. The van der Waals surface area contributed by atoms with E-state index in [2.05, 4.69) is 37.6 Å². The molecule has 0 unspecified atom stereocenters. The molecule has 4 nitrogen and oxygen atoms in total. The lowest BCUT2D eigenvalue weighted by molar-refractivity contribution is 0.0569. The number of fused-ring (bicyclic) bond motifs is 1. The summed E-state index contributed by atoms with van der Waals surface area (Å²) in [7, 11) is 0. The van der Waals surface area contributed by atoms with Gasteiger partial charge in [-0.15, -0.1) is 0 Å². The van der Waals surface area contributed by atoms with E-state index in [9.17, 15) is 0 Å². The predicted octanol–water partition coefficient (Wildman–Crippen LogP) is 2.93. The van der Waals surface area contributed by atoms with Crippen molar-refractivity contribution in [2.24, 2.45) is 5.92 Å². The fourth-order valence-electron chi connectivity index (χ4n) is 3.00. The van der Waals surface area contributed by atoms with Crippen molar-refractivity contribution in [1.82, 2.24) is 14.7 Å². The molecule has 2 aliphatic rings. The first kappa shape index (κ1) is 13.5. The molecule has 1 fully saturated rings. The molecule has 112 valence electrons. The van der Waals surface area contributed by atoms with Gasteiger partial charge in [0, 0.05) is 32.4 Å². The van der Waals surface area contributed by atoms with E-state index in [1.54, 1.807) is 11.3 Å². The van der Waals surface area contributed by atoms with Crippen LogP contribution in [0.15, 0.2) is 29.1 Å². The number of thiophene rings is 1. The lowest BCUT2D eigenvalue weighted by Gasteiger charge is -2.33. The third-order valence-electron chi connectivity index (χ3n) is 4.30. The summed E-state index contributed by atoms with van der Waals surface area (Å²) >= 11 is 1.77. The van der Waals surface area contributed by atoms with Gasteiger partial charge < -0.3 is 4.74 Å². The van der Waals surface area contributed by atoms with Crippen molar-refractivity contribution in [3.8, 4) is 0 Å². The Morgan fingerprint density at radius 1 is 1.29 bits per heavy atom. The fraction of sp³-hybridized carbons (Fsp3) is 0.562. The SMILES string of the molecule is c1cc2n(n1)[C@@H](COCC1CC1)CN(Cc1ccsc1)C2. The van der Waals surface area contributed by atoms with Crippen LogP contribution in [0.5, 0.6) is 0 Å². The van der Waals surface area contributed by atoms with Crippen LogP contribution in [0.1, 0.15) is 30.1 Å². The number of rotatable bonds is 6. The van der Waals surface area contributed by atoms with Crippen LogP contribution in [0.4, 0.5) is 0 Å². The largest absolute Gasteiger partial charge is 0.379 e. The third kappa shape index (κ3) is 3.20. The molecule has 4 rings (SSSR count). The van der Waals surface area contributed by atoms with Crippen LogP contribution in [-0.2, 0) is 17.8 Å². The standard InChI is InChI=1S/C16H21N3OS/c1-2-13(1)10-20-11-16-9-18(7-14-4-6-21-12-14)8-15-3-5-17-19(15)16/h3-6,12-13,16H,1-2,7-11H2/t16-/m1/s1. The summed E-state index contributed by atoms with van der Waals surface area (Å²) in [4.78, 5) is 2.50. The Morgan fingerprint density at radius 3 is 3.05 bits per heavy atom. The molecule has 1 aliphatic carbocycles. The van der Waals surface area contributed by atoms with Crippen LogP contribution in [0.2, 0.25) is 0 Å². The lowest BCUT2D eigenvalue weighted by atomic mass is 10.2. The van der Waals surface area contributed by atoms with Gasteiger partial charge in [-0.2, -0.15) is 16.4 Å². The Hall–Kier alpha value is -1.17. The molecule has 0 amide bonds. The molecule has 0 spiro atoms. The van der Waals surface area contributed by atoms with E-state index in [1.165, 1.54) is 24.1 Å². The van der Waals surface area contributed by atoms with Gasteiger partial charge in [0.1, 0.15) is 0 Å². The van der Waals surface area contributed by atoms with Crippen molar-refractivity contribution < 1.29 is 4.74 Å². The van der Waals surface area contributed by atoms with Gasteiger partial charge >= 0.3 is 0 Å². The van der Waals surface area contributed by atoms with E-state index < -0.39 is 0 Å². The van der Waals surface area contributed by atoms with Crippen LogP contribution >= 0.6 is 11.3 Å². The quantitative estimate of drug-likeness (QED) is 0.822. The first-order valence-electron chi connectivity index (χ1n) is 7.72. The number of nitrogens with zero attached hydrogens (tertiary/aromatic N) is 3. The highest BCUT2D eigenvalue weighted by molar-refractivity contribution is 7.07. The maximum Gasteiger partial charge on any atom is 0.0883 e. The molecule has 3 heterocycles. The number of ether oxygens (including phenoxy) is 1. The minimum absolute atomic E-state index is 0.348. The van der Waals surface area contributed by atoms with Crippen molar-refractivity contribution >= 4 is 11.3 Å². The molecule has 5 heteroatoms. The van der Waals surface area contributed by atoms with Crippen LogP contribution in [-0.4, -0.2) is 34.4 Å². The van der Waals surface area contributed by atoms with Gasteiger partial charge in [0.15, 0.2) is 0 Å². The smallest absolute Gasteiger partial charge is 0.0883 e. The number of hydrogen-bond donors (Lipinski definition) is 0. The summed E-state index contributed by atoms with van der Waals surface area (Å²) < 4.78 is 8.09. The van der Waals surface area contributed by atoms with Gasteiger partial charge in [-0.1, -0.05) is 0 Å². The zero-order chi connectivity index (χ0) is 14.1. The van der Waals surface area contributed by atoms with Crippen molar-refractivity contribution in [3.05, 3.63) is 40.3 Å². The highest BCUT2D eigenvalue weighted by atomic mass is 32.1. The van der Waals surface area contributed by atoms with Crippen LogP contribution < -0.4 is 0 Å². The Labute approximate surface area is 129 Å². The van der Waals surface area contributed by atoms with E-state index >= 15 is 0 Å². The molecule has 1 aliphatic heterocycles. The second-order valence-electron chi connectivity index (χ2n) is 6.20. The van der Waals surface area contributed by atoms with Gasteiger partial charge in [-0.05, 0) is 47.2 Å². The first-order valence-corrected chi connectivity index (χ1v) is 8.66. The van der Waals surface area contributed by atoms with Gasteiger partial charge in [-0.25, -0.2) is 0 Å². The van der Waals surface area contributed by atoms with E-state index in [1.807, 2.05) is 6.20 Å². The van der Waals surface area contributed by atoms with Gasteiger partial charge in [0.25, 0.3) is 0 Å². The number of hydrogen-bond acceptors (Lipinski definition) is 4. The monoisotopic (exact) mass is 303 g/mol. The zero-order valence-corrected chi connectivity index (χ0v) is 13.0. The van der Waals surface area contributed by atoms with Crippen LogP contribution in [0.3, 0.4) is 0 Å². The molecule has 0 aromatic carbocycles. The molecular weight excluding hydrogens is 282 g/mol. The molecule has 2 aromatic heterocycles. The Bertz CT molecular complexity index is 576.